The van der Waals surface area contributed by atoms with Gasteiger partial charge in [-0.25, -0.2) is 0 Å². The number of rotatable bonds is 5. The molecular weight excluding hydrogens is 342 g/mol. The number of furan rings is 2. The van der Waals surface area contributed by atoms with E-state index in [1.165, 1.54) is 29.2 Å². The van der Waals surface area contributed by atoms with Crippen molar-refractivity contribution in [1.82, 2.24) is 10.2 Å². The van der Waals surface area contributed by atoms with E-state index in [0.29, 0.717) is 16.5 Å². The number of nitrogens with one attached hydrogen (secondary N) is 1. The number of carbonyl (C=O) groups is 2. The van der Waals surface area contributed by atoms with Crippen LogP contribution >= 0.6 is 11.8 Å². The monoisotopic (exact) mass is 357 g/mol. The molecule has 1 saturated heterocycles. The number of nitriles is 1. The van der Waals surface area contributed by atoms with Crippen LogP contribution in [0.4, 0.5) is 0 Å². The minimum Gasteiger partial charge on any atom is -0.467 e. The molecule has 7 nitrogen and oxygen atoms in total. The summed E-state index contributed by atoms with van der Waals surface area (Å²) in [6.07, 6.45) is 3.01. The summed E-state index contributed by atoms with van der Waals surface area (Å²) in [5.74, 6) is 0.441. The maximum absolute atomic E-state index is 12.4. The molecular formula is C17H15N3O4S. The Morgan fingerprint density at radius 3 is 2.60 bits per heavy atom. The summed E-state index contributed by atoms with van der Waals surface area (Å²) in [6, 6.07) is 8.81. The largest absolute Gasteiger partial charge is 0.467 e. The summed E-state index contributed by atoms with van der Waals surface area (Å²) in [5.41, 5.74) is -0.0965. The van der Waals surface area contributed by atoms with Gasteiger partial charge in [0.15, 0.2) is 0 Å². The molecule has 1 aliphatic rings. The molecule has 0 spiro atoms. The van der Waals surface area contributed by atoms with E-state index < -0.39 is 5.91 Å². The topological polar surface area (TPSA) is 99.5 Å². The van der Waals surface area contributed by atoms with Crippen molar-refractivity contribution in [2.75, 3.05) is 0 Å². The van der Waals surface area contributed by atoms with Crippen LogP contribution in [0.25, 0.3) is 0 Å². The van der Waals surface area contributed by atoms with Crippen molar-refractivity contribution in [2.24, 2.45) is 0 Å². The summed E-state index contributed by atoms with van der Waals surface area (Å²) in [4.78, 5) is 26.2. The smallest absolute Gasteiger partial charge is 0.265 e. The normalized spacial score (nSPS) is 19.0. The highest BCUT2D eigenvalue weighted by atomic mass is 32.2. The molecule has 1 atom stereocenters. The first kappa shape index (κ1) is 16.9. The van der Waals surface area contributed by atoms with E-state index in [1.54, 1.807) is 31.2 Å². The number of hydrogen-bond donors (Lipinski definition) is 1. The average molecular weight is 357 g/mol. The quantitative estimate of drug-likeness (QED) is 0.651. The van der Waals surface area contributed by atoms with Gasteiger partial charge in [0.25, 0.3) is 5.91 Å². The fourth-order valence-electron chi connectivity index (χ4n) is 2.37. The van der Waals surface area contributed by atoms with Crippen molar-refractivity contribution in [2.45, 2.75) is 25.3 Å². The number of hydrogen-bond acceptors (Lipinski definition) is 6. The predicted octanol–water partition coefficient (Wildman–Crippen LogP) is 2.39. The van der Waals surface area contributed by atoms with Crippen molar-refractivity contribution in [1.29, 1.82) is 5.26 Å². The second-order valence-corrected chi connectivity index (χ2v) is 6.65. The van der Waals surface area contributed by atoms with E-state index in [-0.39, 0.29) is 29.8 Å². The molecule has 0 aromatic carbocycles. The first-order valence-electron chi connectivity index (χ1n) is 7.55. The summed E-state index contributed by atoms with van der Waals surface area (Å²) in [6.45, 7) is 2.08. The molecule has 128 valence electrons. The Bertz CT molecular complexity index is 834. The Morgan fingerprint density at radius 2 is 2.00 bits per heavy atom. The molecule has 0 unspecified atom stereocenters. The van der Waals surface area contributed by atoms with E-state index >= 15 is 0 Å². The van der Waals surface area contributed by atoms with Crippen LogP contribution in [0.3, 0.4) is 0 Å². The van der Waals surface area contributed by atoms with Crippen LogP contribution in [0.5, 0.6) is 0 Å². The van der Waals surface area contributed by atoms with Gasteiger partial charge in [-0.05, 0) is 31.2 Å². The van der Waals surface area contributed by atoms with Gasteiger partial charge in [0, 0.05) is 0 Å². The maximum Gasteiger partial charge on any atom is 0.265 e. The molecule has 0 radical (unpaired) electrons. The highest BCUT2D eigenvalue weighted by molar-refractivity contribution is 8.04. The lowest BCUT2D eigenvalue weighted by Crippen LogP contribution is -2.30. The summed E-state index contributed by atoms with van der Waals surface area (Å²) in [5, 5.41) is 12.1. The molecule has 2 aromatic heterocycles. The van der Waals surface area contributed by atoms with Crippen molar-refractivity contribution in [3.63, 3.8) is 0 Å². The van der Waals surface area contributed by atoms with Crippen molar-refractivity contribution < 1.29 is 18.4 Å². The van der Waals surface area contributed by atoms with Crippen LogP contribution in [0.15, 0.2) is 56.2 Å². The highest BCUT2D eigenvalue weighted by Gasteiger charge is 2.37. The van der Waals surface area contributed by atoms with Gasteiger partial charge in [-0.3, -0.25) is 14.5 Å². The molecule has 0 aliphatic carbocycles. The van der Waals surface area contributed by atoms with E-state index in [0.717, 1.165) is 0 Å². The lowest BCUT2D eigenvalue weighted by molar-refractivity contribution is -0.127. The summed E-state index contributed by atoms with van der Waals surface area (Å²) >= 11 is 1.20. The number of nitrogens with zero attached hydrogens (tertiary/aromatic N) is 2. The number of thioether (sulfide) groups is 1. The van der Waals surface area contributed by atoms with Gasteiger partial charge in [0.1, 0.15) is 28.2 Å². The molecule has 0 bridgehead atoms. The fourth-order valence-corrected chi connectivity index (χ4v) is 3.47. The van der Waals surface area contributed by atoms with E-state index in [2.05, 4.69) is 5.32 Å². The van der Waals surface area contributed by atoms with Crippen LogP contribution in [0.1, 0.15) is 18.4 Å². The molecule has 1 fully saturated rings. The predicted molar refractivity (Wildman–Crippen MR) is 89.5 cm³/mol. The molecule has 3 heterocycles. The molecule has 1 aliphatic heterocycles. The molecule has 2 aromatic rings. The van der Waals surface area contributed by atoms with Crippen molar-refractivity contribution >= 4 is 23.6 Å². The second-order valence-electron chi connectivity index (χ2n) is 5.32. The standard InChI is InChI=1S/C17H15N3O4S/c1-11-16(22)20(10-13-5-3-7-24-13)17(25-11)14(8-18)15(21)19-9-12-4-2-6-23-12/h2-7,11H,9-10H2,1H3,(H,19,21)/b17-14-/t11-/m1/s1. The highest BCUT2D eigenvalue weighted by Crippen LogP contribution is 2.38. The second kappa shape index (κ2) is 7.32. The van der Waals surface area contributed by atoms with Crippen LogP contribution < -0.4 is 5.32 Å². The zero-order chi connectivity index (χ0) is 17.8. The fraction of sp³-hybridized carbons (Fsp3) is 0.235. The van der Waals surface area contributed by atoms with E-state index in [4.69, 9.17) is 8.83 Å². The number of carbonyl (C=O) groups excluding carboxylic acids is 2. The van der Waals surface area contributed by atoms with Gasteiger partial charge in [-0.15, -0.1) is 0 Å². The minimum atomic E-state index is -0.548. The third-order valence-corrected chi connectivity index (χ3v) is 4.80. The van der Waals surface area contributed by atoms with Crippen LogP contribution in [-0.2, 0) is 22.7 Å². The van der Waals surface area contributed by atoms with E-state index in [9.17, 15) is 14.9 Å². The molecule has 25 heavy (non-hydrogen) atoms. The van der Waals surface area contributed by atoms with Gasteiger partial charge in [-0.1, -0.05) is 11.8 Å². The Morgan fingerprint density at radius 1 is 1.32 bits per heavy atom. The third kappa shape index (κ3) is 3.61. The van der Waals surface area contributed by atoms with Crippen molar-refractivity contribution in [3.8, 4) is 6.07 Å². The van der Waals surface area contributed by atoms with Crippen LogP contribution in [-0.4, -0.2) is 22.0 Å². The molecule has 1 N–H and O–H groups in total. The Kier molecular flexibility index (Phi) is 4.95. The Hall–Kier alpha value is -2.92. The maximum atomic E-state index is 12.4. The van der Waals surface area contributed by atoms with Crippen LogP contribution in [0, 0.1) is 11.3 Å². The SMILES string of the molecule is C[C@H]1S/C(=C(/C#N)C(=O)NCc2ccco2)N(Cc2ccco2)C1=O. The van der Waals surface area contributed by atoms with Gasteiger partial charge in [0.2, 0.25) is 5.91 Å². The van der Waals surface area contributed by atoms with Gasteiger partial charge in [0.05, 0.1) is 30.9 Å². The minimum absolute atomic E-state index is 0.0965. The Balaban J connectivity index is 1.83. The summed E-state index contributed by atoms with van der Waals surface area (Å²) < 4.78 is 10.4. The Labute approximate surface area is 148 Å². The first-order valence-corrected chi connectivity index (χ1v) is 8.43. The van der Waals surface area contributed by atoms with Crippen molar-refractivity contribution in [3.05, 3.63) is 58.9 Å². The third-order valence-electron chi connectivity index (χ3n) is 3.60. The van der Waals surface area contributed by atoms with E-state index in [1.807, 2.05) is 6.07 Å². The van der Waals surface area contributed by atoms with Crippen LogP contribution in [0.2, 0.25) is 0 Å². The van der Waals surface area contributed by atoms with Gasteiger partial charge >= 0.3 is 0 Å². The molecule has 0 saturated carbocycles. The van der Waals surface area contributed by atoms with Gasteiger partial charge in [-0.2, -0.15) is 5.26 Å². The first-order chi connectivity index (χ1) is 12.1. The molecule has 8 heteroatoms. The number of amides is 2. The van der Waals surface area contributed by atoms with Gasteiger partial charge < -0.3 is 14.2 Å². The lowest BCUT2D eigenvalue weighted by atomic mass is 10.2. The lowest BCUT2D eigenvalue weighted by Gasteiger charge is -2.17. The zero-order valence-corrected chi connectivity index (χ0v) is 14.2. The molecule has 2 amide bonds. The summed E-state index contributed by atoms with van der Waals surface area (Å²) in [7, 11) is 0. The molecule has 3 rings (SSSR count). The zero-order valence-electron chi connectivity index (χ0n) is 13.4. The average Bonchev–Trinajstić information content (AvgIpc) is 3.34.